The fourth-order valence-corrected chi connectivity index (χ4v) is 0.499. The first-order chi connectivity index (χ1) is 5.07. The summed E-state index contributed by atoms with van der Waals surface area (Å²) in [5.41, 5.74) is 5.11. The summed E-state index contributed by atoms with van der Waals surface area (Å²) in [6.45, 7) is 0. The molecule has 66 valence electrons. The van der Waals surface area contributed by atoms with Gasteiger partial charge in [0.1, 0.15) is 6.04 Å². The van der Waals surface area contributed by atoms with Crippen LogP contribution in [0.5, 0.6) is 0 Å². The molecule has 0 saturated heterocycles. The van der Waals surface area contributed by atoms with Gasteiger partial charge in [-0.25, -0.2) is 0 Å². The Morgan fingerprint density at radius 2 is 2.08 bits per heavy atom. The molecule has 6 heteroatoms. The SMILES string of the molecule is COC(=O)CC[C@H](N)C(=O)O.[NaH]. The van der Waals surface area contributed by atoms with Crippen LogP contribution >= 0.6 is 0 Å². The number of ether oxygens (including phenoxy) is 1. The molecule has 0 fully saturated rings. The molecule has 0 spiro atoms. The fraction of sp³-hybridized carbons (Fsp3) is 0.667. The summed E-state index contributed by atoms with van der Waals surface area (Å²) in [4.78, 5) is 20.6. The normalized spacial score (nSPS) is 11.2. The first-order valence-corrected chi connectivity index (χ1v) is 3.13. The van der Waals surface area contributed by atoms with Crippen LogP contribution < -0.4 is 5.73 Å². The number of aliphatic carboxylic acids is 1. The van der Waals surface area contributed by atoms with Gasteiger partial charge in [-0.15, -0.1) is 0 Å². The van der Waals surface area contributed by atoms with Gasteiger partial charge in [-0.2, -0.15) is 0 Å². The molecule has 0 aromatic heterocycles. The standard InChI is InChI=1S/C6H11NO4.Na.H/c1-11-5(8)3-2-4(7)6(9)10;;/h4H,2-3,7H2,1H3,(H,9,10);;/t4-;;/m0../s1. The molecule has 0 aliphatic heterocycles. The minimum absolute atomic E-state index is 0. The van der Waals surface area contributed by atoms with Crippen molar-refractivity contribution in [3.63, 3.8) is 0 Å². The second-order valence-corrected chi connectivity index (χ2v) is 2.06. The molecular weight excluding hydrogens is 173 g/mol. The third-order valence-corrected chi connectivity index (χ3v) is 1.20. The molecule has 0 rings (SSSR count). The number of hydrogen-bond donors (Lipinski definition) is 2. The van der Waals surface area contributed by atoms with Crippen LogP contribution in [0.4, 0.5) is 0 Å². The van der Waals surface area contributed by atoms with Gasteiger partial charge >= 0.3 is 41.5 Å². The van der Waals surface area contributed by atoms with E-state index in [2.05, 4.69) is 4.74 Å². The van der Waals surface area contributed by atoms with Crippen molar-refractivity contribution in [2.75, 3.05) is 7.11 Å². The quantitative estimate of drug-likeness (QED) is 0.420. The van der Waals surface area contributed by atoms with Crippen LogP contribution in [0, 0.1) is 0 Å². The molecule has 12 heavy (non-hydrogen) atoms. The molecule has 0 aliphatic carbocycles. The van der Waals surface area contributed by atoms with Gasteiger partial charge in [0.05, 0.1) is 7.11 Å². The maximum absolute atomic E-state index is 10.5. The molecule has 0 saturated carbocycles. The van der Waals surface area contributed by atoms with E-state index in [4.69, 9.17) is 10.8 Å². The van der Waals surface area contributed by atoms with E-state index in [1.807, 2.05) is 0 Å². The maximum atomic E-state index is 10.5. The molecular formula is C6H12NNaO4. The van der Waals surface area contributed by atoms with E-state index < -0.39 is 18.0 Å². The van der Waals surface area contributed by atoms with Gasteiger partial charge in [0.15, 0.2) is 0 Å². The molecule has 0 aliphatic rings. The number of carbonyl (C=O) groups is 2. The minimum atomic E-state index is -1.10. The molecule has 3 N–H and O–H groups in total. The van der Waals surface area contributed by atoms with Crippen molar-refractivity contribution in [2.24, 2.45) is 5.73 Å². The van der Waals surface area contributed by atoms with E-state index in [1.54, 1.807) is 0 Å². The zero-order valence-electron chi connectivity index (χ0n) is 6.24. The van der Waals surface area contributed by atoms with Gasteiger partial charge in [0.25, 0.3) is 0 Å². The van der Waals surface area contributed by atoms with Crippen molar-refractivity contribution >= 4 is 41.5 Å². The average molecular weight is 185 g/mol. The molecule has 0 unspecified atom stereocenters. The summed E-state index contributed by atoms with van der Waals surface area (Å²) in [6.07, 6.45) is 0.159. The number of hydrogen-bond acceptors (Lipinski definition) is 4. The van der Waals surface area contributed by atoms with Crippen molar-refractivity contribution < 1.29 is 19.4 Å². The molecule has 0 aromatic carbocycles. The van der Waals surface area contributed by atoms with E-state index in [1.165, 1.54) is 7.11 Å². The average Bonchev–Trinajstić information content (AvgIpc) is 1.99. The van der Waals surface area contributed by atoms with E-state index in [0.717, 1.165) is 0 Å². The first kappa shape index (κ1) is 14.4. The Balaban J connectivity index is 0. The number of methoxy groups -OCH3 is 1. The molecule has 0 heterocycles. The van der Waals surface area contributed by atoms with Crippen LogP contribution in [-0.4, -0.2) is 59.8 Å². The van der Waals surface area contributed by atoms with Crippen molar-refractivity contribution in [1.82, 2.24) is 0 Å². The van der Waals surface area contributed by atoms with Crippen LogP contribution in [0.3, 0.4) is 0 Å². The summed E-state index contributed by atoms with van der Waals surface area (Å²) in [6, 6.07) is -0.978. The summed E-state index contributed by atoms with van der Waals surface area (Å²) >= 11 is 0. The van der Waals surface area contributed by atoms with Gasteiger partial charge in [-0.3, -0.25) is 9.59 Å². The number of carbonyl (C=O) groups excluding carboxylic acids is 1. The third kappa shape index (κ3) is 6.60. The second-order valence-electron chi connectivity index (χ2n) is 2.06. The van der Waals surface area contributed by atoms with E-state index in [0.29, 0.717) is 0 Å². The first-order valence-electron chi connectivity index (χ1n) is 3.13. The van der Waals surface area contributed by atoms with Crippen LogP contribution in [0.15, 0.2) is 0 Å². The topological polar surface area (TPSA) is 89.6 Å². The van der Waals surface area contributed by atoms with Gasteiger partial charge in [-0.1, -0.05) is 0 Å². The van der Waals surface area contributed by atoms with E-state index in [9.17, 15) is 9.59 Å². The Hall–Kier alpha value is -0.100. The van der Waals surface area contributed by atoms with E-state index >= 15 is 0 Å². The van der Waals surface area contributed by atoms with Gasteiger partial charge < -0.3 is 15.6 Å². The van der Waals surface area contributed by atoms with Crippen LogP contribution in [0.2, 0.25) is 0 Å². The number of nitrogens with two attached hydrogens (primary N) is 1. The van der Waals surface area contributed by atoms with Crippen LogP contribution in [0.25, 0.3) is 0 Å². The fourth-order valence-electron chi connectivity index (χ4n) is 0.499. The molecule has 0 radical (unpaired) electrons. The van der Waals surface area contributed by atoms with Crippen molar-refractivity contribution in [1.29, 1.82) is 0 Å². The Labute approximate surface area is 92.5 Å². The van der Waals surface area contributed by atoms with Crippen LogP contribution in [0.1, 0.15) is 12.8 Å². The number of esters is 1. The Morgan fingerprint density at radius 3 is 2.42 bits per heavy atom. The number of rotatable bonds is 4. The zero-order valence-corrected chi connectivity index (χ0v) is 6.24. The summed E-state index contributed by atoms with van der Waals surface area (Å²) in [7, 11) is 1.24. The van der Waals surface area contributed by atoms with Crippen molar-refractivity contribution in [3.05, 3.63) is 0 Å². The summed E-state index contributed by atoms with van der Waals surface area (Å²) in [5.74, 6) is -1.55. The molecule has 0 aromatic rings. The molecule has 0 bridgehead atoms. The second kappa shape index (κ2) is 7.54. The Kier molecular flexibility index (Phi) is 9.07. The monoisotopic (exact) mass is 185 g/mol. The predicted molar refractivity (Wildman–Crippen MR) is 44.0 cm³/mol. The van der Waals surface area contributed by atoms with Crippen molar-refractivity contribution in [3.8, 4) is 0 Å². The number of carboxylic acids is 1. The zero-order chi connectivity index (χ0) is 8.85. The predicted octanol–water partition coefficient (Wildman–Crippen LogP) is -1.30. The molecule has 0 amide bonds. The third-order valence-electron chi connectivity index (χ3n) is 1.20. The van der Waals surface area contributed by atoms with Gasteiger partial charge in [-0.05, 0) is 6.42 Å². The van der Waals surface area contributed by atoms with E-state index in [-0.39, 0.29) is 42.4 Å². The Morgan fingerprint density at radius 1 is 1.58 bits per heavy atom. The number of carboxylic acid groups (broad SMARTS) is 1. The Bertz CT molecular complexity index is 162. The molecule has 1 atom stereocenters. The van der Waals surface area contributed by atoms with Crippen LogP contribution in [-0.2, 0) is 14.3 Å². The van der Waals surface area contributed by atoms with Crippen molar-refractivity contribution in [2.45, 2.75) is 18.9 Å². The molecule has 5 nitrogen and oxygen atoms in total. The summed E-state index contributed by atoms with van der Waals surface area (Å²) in [5, 5.41) is 8.29. The summed E-state index contributed by atoms with van der Waals surface area (Å²) < 4.78 is 4.29. The van der Waals surface area contributed by atoms with Gasteiger partial charge in [0, 0.05) is 6.42 Å². The van der Waals surface area contributed by atoms with Gasteiger partial charge in [0.2, 0.25) is 0 Å².